The number of anilines is 1. The minimum Gasteiger partial charge on any atom is -0.325 e. The van der Waals surface area contributed by atoms with E-state index in [4.69, 9.17) is 5.73 Å². The third-order valence-electron chi connectivity index (χ3n) is 2.55. The van der Waals surface area contributed by atoms with Crippen molar-refractivity contribution in [2.45, 2.75) is 42.9 Å². The van der Waals surface area contributed by atoms with Crippen LogP contribution in [0.1, 0.15) is 26.2 Å². The van der Waals surface area contributed by atoms with Gasteiger partial charge in [0.1, 0.15) is 0 Å². The van der Waals surface area contributed by atoms with E-state index >= 15 is 0 Å². The SMILES string of the molecule is CCCCC(N)C(=O)Nc1ccc(SC(F)F)cc1. The fraction of sp³-hybridized carbons (Fsp3) is 0.462. The predicted octanol–water partition coefficient (Wildman–Crippen LogP) is 3.46. The second-order valence-corrected chi connectivity index (χ2v) is 5.20. The average Bonchev–Trinajstić information content (AvgIpc) is 2.37. The van der Waals surface area contributed by atoms with Crippen LogP contribution < -0.4 is 11.1 Å². The van der Waals surface area contributed by atoms with Gasteiger partial charge >= 0.3 is 0 Å². The average molecular weight is 288 g/mol. The summed E-state index contributed by atoms with van der Waals surface area (Å²) in [6, 6.07) is 5.74. The van der Waals surface area contributed by atoms with Crippen molar-refractivity contribution in [1.82, 2.24) is 0 Å². The Morgan fingerprint density at radius 2 is 2.00 bits per heavy atom. The molecule has 1 aromatic carbocycles. The first-order valence-corrected chi connectivity index (χ1v) is 7.02. The monoisotopic (exact) mass is 288 g/mol. The third-order valence-corrected chi connectivity index (χ3v) is 3.27. The molecule has 0 heterocycles. The zero-order valence-electron chi connectivity index (χ0n) is 10.7. The Kier molecular flexibility index (Phi) is 6.80. The van der Waals surface area contributed by atoms with Gasteiger partial charge in [-0.1, -0.05) is 31.5 Å². The van der Waals surface area contributed by atoms with Crippen molar-refractivity contribution in [2.24, 2.45) is 5.73 Å². The molecule has 1 aromatic rings. The smallest absolute Gasteiger partial charge is 0.288 e. The second kappa shape index (κ2) is 8.12. The van der Waals surface area contributed by atoms with Crippen LogP contribution in [0.3, 0.4) is 0 Å². The first-order valence-electron chi connectivity index (χ1n) is 6.14. The van der Waals surface area contributed by atoms with Crippen molar-refractivity contribution in [3.63, 3.8) is 0 Å². The van der Waals surface area contributed by atoms with Crippen LogP contribution in [0, 0.1) is 0 Å². The topological polar surface area (TPSA) is 55.1 Å². The van der Waals surface area contributed by atoms with Gasteiger partial charge < -0.3 is 11.1 Å². The number of halogens is 2. The van der Waals surface area contributed by atoms with E-state index in [-0.39, 0.29) is 5.91 Å². The number of nitrogens with one attached hydrogen (secondary N) is 1. The summed E-state index contributed by atoms with van der Waals surface area (Å²) in [6.07, 6.45) is 2.53. The number of amides is 1. The molecule has 0 fully saturated rings. The maximum absolute atomic E-state index is 12.1. The predicted molar refractivity (Wildman–Crippen MR) is 74.4 cm³/mol. The second-order valence-electron chi connectivity index (χ2n) is 4.14. The Hall–Kier alpha value is -1.14. The number of rotatable bonds is 7. The Morgan fingerprint density at radius 3 is 2.53 bits per heavy atom. The molecule has 0 bridgehead atoms. The van der Waals surface area contributed by atoms with Crippen LogP contribution in [-0.2, 0) is 4.79 Å². The maximum Gasteiger partial charge on any atom is 0.288 e. The van der Waals surface area contributed by atoms with Crippen molar-refractivity contribution >= 4 is 23.4 Å². The number of hydrogen-bond donors (Lipinski definition) is 2. The van der Waals surface area contributed by atoms with E-state index in [1.807, 2.05) is 6.92 Å². The van der Waals surface area contributed by atoms with Crippen molar-refractivity contribution in [3.8, 4) is 0 Å². The molecule has 1 amide bonds. The summed E-state index contributed by atoms with van der Waals surface area (Å²) in [5, 5.41) is 2.67. The maximum atomic E-state index is 12.1. The Bertz CT molecular complexity index is 398. The summed E-state index contributed by atoms with van der Waals surface area (Å²) >= 11 is 0.473. The number of nitrogens with two attached hydrogens (primary N) is 1. The van der Waals surface area contributed by atoms with Gasteiger partial charge in [0.25, 0.3) is 5.76 Å². The van der Waals surface area contributed by atoms with Gasteiger partial charge in [0.2, 0.25) is 5.91 Å². The van der Waals surface area contributed by atoms with Crippen LogP contribution in [0.15, 0.2) is 29.2 Å². The van der Waals surface area contributed by atoms with Gasteiger partial charge in [-0.25, -0.2) is 0 Å². The van der Waals surface area contributed by atoms with Crippen LogP contribution in [0.4, 0.5) is 14.5 Å². The van der Waals surface area contributed by atoms with Gasteiger partial charge in [0.05, 0.1) is 6.04 Å². The number of carbonyl (C=O) groups is 1. The van der Waals surface area contributed by atoms with Crippen molar-refractivity contribution < 1.29 is 13.6 Å². The van der Waals surface area contributed by atoms with Crippen LogP contribution in [0.25, 0.3) is 0 Å². The molecule has 0 spiro atoms. The number of thioether (sulfide) groups is 1. The molecule has 0 aliphatic heterocycles. The summed E-state index contributed by atoms with van der Waals surface area (Å²) in [5.74, 6) is -2.69. The molecular formula is C13H18F2N2OS. The zero-order valence-corrected chi connectivity index (χ0v) is 11.6. The first-order chi connectivity index (χ1) is 9.02. The summed E-state index contributed by atoms with van der Waals surface area (Å²) in [5.41, 5.74) is 6.30. The lowest BCUT2D eigenvalue weighted by Gasteiger charge is -2.12. The first kappa shape index (κ1) is 15.9. The highest BCUT2D eigenvalue weighted by Crippen LogP contribution is 2.26. The quantitative estimate of drug-likeness (QED) is 0.755. The van der Waals surface area contributed by atoms with Crippen LogP contribution >= 0.6 is 11.8 Å². The molecule has 1 unspecified atom stereocenters. The van der Waals surface area contributed by atoms with E-state index in [2.05, 4.69) is 5.32 Å². The normalized spacial score (nSPS) is 12.5. The van der Waals surface area contributed by atoms with Gasteiger partial charge in [-0.05, 0) is 30.7 Å². The van der Waals surface area contributed by atoms with E-state index < -0.39 is 11.8 Å². The summed E-state index contributed by atoms with van der Waals surface area (Å²) in [4.78, 5) is 12.2. The molecular weight excluding hydrogens is 270 g/mol. The highest BCUT2D eigenvalue weighted by atomic mass is 32.2. The molecule has 0 aromatic heterocycles. The van der Waals surface area contributed by atoms with Gasteiger partial charge in [0.15, 0.2) is 0 Å². The molecule has 0 saturated heterocycles. The van der Waals surface area contributed by atoms with Gasteiger partial charge in [0, 0.05) is 10.6 Å². The Morgan fingerprint density at radius 1 is 1.37 bits per heavy atom. The molecule has 0 radical (unpaired) electrons. The lowest BCUT2D eigenvalue weighted by atomic mass is 10.1. The summed E-state index contributed by atoms with van der Waals surface area (Å²) in [7, 11) is 0. The molecule has 3 N–H and O–H groups in total. The standard InChI is InChI=1S/C13H18F2N2OS/c1-2-3-4-11(16)12(18)17-9-5-7-10(8-6-9)19-13(14)15/h5-8,11,13H,2-4,16H2,1H3,(H,17,18). The van der Waals surface area contributed by atoms with Gasteiger partial charge in [-0.15, -0.1) is 0 Å². The van der Waals surface area contributed by atoms with Crippen molar-refractivity contribution in [1.29, 1.82) is 0 Å². The summed E-state index contributed by atoms with van der Waals surface area (Å²) < 4.78 is 24.3. The third kappa shape index (κ3) is 6.02. The summed E-state index contributed by atoms with van der Waals surface area (Å²) in [6.45, 7) is 2.03. The number of unbranched alkanes of at least 4 members (excludes halogenated alkanes) is 1. The minimum absolute atomic E-state index is 0.247. The highest BCUT2D eigenvalue weighted by molar-refractivity contribution is 7.99. The molecule has 19 heavy (non-hydrogen) atoms. The molecule has 1 atom stereocenters. The number of carbonyl (C=O) groups excluding carboxylic acids is 1. The van der Waals surface area contributed by atoms with Crippen molar-refractivity contribution in [3.05, 3.63) is 24.3 Å². The van der Waals surface area contributed by atoms with E-state index in [0.717, 1.165) is 12.8 Å². The molecule has 106 valence electrons. The molecule has 6 heteroatoms. The number of alkyl halides is 2. The molecule has 3 nitrogen and oxygen atoms in total. The lowest BCUT2D eigenvalue weighted by molar-refractivity contribution is -0.117. The Labute approximate surface area is 115 Å². The van der Waals surface area contributed by atoms with Crippen LogP contribution in [0.5, 0.6) is 0 Å². The highest BCUT2D eigenvalue weighted by Gasteiger charge is 2.13. The fourth-order valence-corrected chi connectivity index (χ4v) is 2.01. The zero-order chi connectivity index (χ0) is 14.3. The molecule has 1 rings (SSSR count). The van der Waals surface area contributed by atoms with Crippen LogP contribution in [0.2, 0.25) is 0 Å². The number of hydrogen-bond acceptors (Lipinski definition) is 3. The number of benzene rings is 1. The largest absolute Gasteiger partial charge is 0.325 e. The Balaban J connectivity index is 2.50. The molecule has 0 saturated carbocycles. The van der Waals surface area contributed by atoms with E-state index in [9.17, 15) is 13.6 Å². The molecule has 0 aliphatic carbocycles. The van der Waals surface area contributed by atoms with Crippen LogP contribution in [-0.4, -0.2) is 17.7 Å². The van der Waals surface area contributed by atoms with E-state index in [1.165, 1.54) is 0 Å². The van der Waals surface area contributed by atoms with E-state index in [1.54, 1.807) is 24.3 Å². The van der Waals surface area contributed by atoms with Crippen molar-refractivity contribution in [2.75, 3.05) is 5.32 Å². The van der Waals surface area contributed by atoms with Gasteiger partial charge in [-0.2, -0.15) is 8.78 Å². The van der Waals surface area contributed by atoms with Gasteiger partial charge in [-0.3, -0.25) is 4.79 Å². The minimum atomic E-state index is -2.44. The lowest BCUT2D eigenvalue weighted by Crippen LogP contribution is -2.35. The molecule has 0 aliphatic rings. The fourth-order valence-electron chi connectivity index (χ4n) is 1.51. The van der Waals surface area contributed by atoms with E-state index in [0.29, 0.717) is 28.8 Å².